The normalized spacial score (nSPS) is 16.9. The number of hydrogen-bond donors (Lipinski definition) is 0. The summed E-state index contributed by atoms with van der Waals surface area (Å²) >= 11 is 3.28. The Morgan fingerprint density at radius 3 is 3.00 bits per heavy atom. The molecule has 1 radical (unpaired) electrons. The summed E-state index contributed by atoms with van der Waals surface area (Å²) in [5, 5.41) is 0. The number of ether oxygens (including phenoxy) is 1. The minimum atomic E-state index is -0.282. The predicted octanol–water partition coefficient (Wildman–Crippen LogP) is 1.97. The van der Waals surface area contributed by atoms with Crippen LogP contribution in [0.1, 0.15) is 6.42 Å². The van der Waals surface area contributed by atoms with Gasteiger partial charge in [0.15, 0.2) is 0 Å². The first-order valence-corrected chi connectivity index (χ1v) is 4.02. The third kappa shape index (κ3) is 2.19. The summed E-state index contributed by atoms with van der Waals surface area (Å²) in [6.45, 7) is 0. The van der Waals surface area contributed by atoms with Gasteiger partial charge in [0, 0.05) is 6.42 Å². The van der Waals surface area contributed by atoms with Crippen LogP contribution in [0.25, 0.3) is 0 Å². The highest BCUT2D eigenvalue weighted by atomic mass is 79.9. The Morgan fingerprint density at radius 2 is 2.45 bits per heavy atom. The molecule has 11 heavy (non-hydrogen) atoms. The number of hydrogen-bond acceptors (Lipinski definition) is 2. The Bertz CT molecular complexity index is 228. The second-order valence-corrected chi connectivity index (χ2v) is 3.04. The molecule has 0 saturated heterocycles. The van der Waals surface area contributed by atoms with Gasteiger partial charge in [0.05, 0.1) is 12.7 Å². The zero-order valence-corrected chi connectivity index (χ0v) is 7.72. The fraction of sp³-hybridized carbons (Fsp3) is 0.250. The van der Waals surface area contributed by atoms with E-state index >= 15 is 0 Å². The highest BCUT2D eigenvalue weighted by Crippen LogP contribution is 2.21. The van der Waals surface area contributed by atoms with Crippen molar-refractivity contribution in [2.75, 3.05) is 7.11 Å². The number of esters is 1. The summed E-state index contributed by atoms with van der Waals surface area (Å²) in [6.07, 6.45) is 6.33. The second-order valence-electron chi connectivity index (χ2n) is 2.12. The molecule has 1 rings (SSSR count). The van der Waals surface area contributed by atoms with Crippen molar-refractivity contribution in [3.8, 4) is 0 Å². The molecule has 0 unspecified atom stereocenters. The van der Waals surface area contributed by atoms with E-state index in [2.05, 4.69) is 20.7 Å². The summed E-state index contributed by atoms with van der Waals surface area (Å²) in [7, 11) is 1.38. The Kier molecular flexibility index (Phi) is 2.88. The number of methoxy groups -OCH3 is 1. The van der Waals surface area contributed by atoms with Crippen molar-refractivity contribution >= 4 is 21.9 Å². The zero-order chi connectivity index (χ0) is 8.27. The Labute approximate surface area is 74.1 Å². The molecule has 0 aliphatic heterocycles. The van der Waals surface area contributed by atoms with Gasteiger partial charge in [-0.15, -0.1) is 0 Å². The molecule has 0 saturated carbocycles. The van der Waals surface area contributed by atoms with Crippen LogP contribution in [0.15, 0.2) is 22.2 Å². The van der Waals surface area contributed by atoms with Crippen LogP contribution in [-0.2, 0) is 9.53 Å². The third-order valence-corrected chi connectivity index (χ3v) is 1.92. The van der Waals surface area contributed by atoms with Crippen LogP contribution in [-0.4, -0.2) is 13.1 Å². The van der Waals surface area contributed by atoms with Crippen LogP contribution in [0.4, 0.5) is 0 Å². The van der Waals surface area contributed by atoms with Crippen molar-refractivity contribution in [3.63, 3.8) is 0 Å². The van der Waals surface area contributed by atoms with Crippen LogP contribution in [0.5, 0.6) is 0 Å². The van der Waals surface area contributed by atoms with Gasteiger partial charge in [-0.2, -0.15) is 0 Å². The highest BCUT2D eigenvalue weighted by molar-refractivity contribution is 9.11. The first kappa shape index (κ1) is 8.53. The molecule has 1 aliphatic rings. The lowest BCUT2D eigenvalue weighted by Crippen LogP contribution is -2.04. The van der Waals surface area contributed by atoms with Crippen LogP contribution in [0, 0.1) is 6.42 Å². The standard InChI is InChI=1S/C8H8BrO2/c1-11-8(10)6-3-2-4-7(9)5-6/h3-5H,2H2,1H3. The smallest absolute Gasteiger partial charge is 0.337 e. The van der Waals surface area contributed by atoms with Crippen molar-refractivity contribution in [1.29, 1.82) is 0 Å². The molecule has 0 N–H and O–H groups in total. The van der Waals surface area contributed by atoms with E-state index in [1.165, 1.54) is 7.11 Å². The van der Waals surface area contributed by atoms with Crippen molar-refractivity contribution in [1.82, 2.24) is 0 Å². The lowest BCUT2D eigenvalue weighted by atomic mass is 10.1. The van der Waals surface area contributed by atoms with Gasteiger partial charge in [-0.05, 0) is 17.0 Å². The highest BCUT2D eigenvalue weighted by Gasteiger charge is 2.10. The summed E-state index contributed by atoms with van der Waals surface area (Å²) in [5.41, 5.74) is 0.613. The zero-order valence-electron chi connectivity index (χ0n) is 6.13. The topological polar surface area (TPSA) is 26.3 Å². The molecule has 0 spiro atoms. The van der Waals surface area contributed by atoms with Crippen LogP contribution in [0.2, 0.25) is 0 Å². The lowest BCUT2D eigenvalue weighted by Gasteiger charge is -2.06. The maximum Gasteiger partial charge on any atom is 0.337 e. The summed E-state index contributed by atoms with van der Waals surface area (Å²) in [4.78, 5) is 10.9. The molecule has 1 aliphatic carbocycles. The number of rotatable bonds is 1. The quantitative estimate of drug-likeness (QED) is 0.626. The Balaban J connectivity index is 2.73. The van der Waals surface area contributed by atoms with E-state index in [-0.39, 0.29) is 5.97 Å². The number of carbonyl (C=O) groups is 1. The van der Waals surface area contributed by atoms with Gasteiger partial charge >= 0.3 is 5.97 Å². The molecular weight excluding hydrogens is 208 g/mol. The first-order chi connectivity index (χ1) is 5.24. The molecule has 59 valence electrons. The van der Waals surface area contributed by atoms with Gasteiger partial charge in [-0.1, -0.05) is 22.0 Å². The minimum Gasteiger partial charge on any atom is -0.465 e. The van der Waals surface area contributed by atoms with E-state index in [0.717, 1.165) is 10.9 Å². The molecule has 0 aromatic carbocycles. The van der Waals surface area contributed by atoms with E-state index in [9.17, 15) is 4.79 Å². The van der Waals surface area contributed by atoms with Gasteiger partial charge in [-0.3, -0.25) is 0 Å². The van der Waals surface area contributed by atoms with Gasteiger partial charge in [0.25, 0.3) is 0 Å². The molecule has 0 amide bonds. The van der Waals surface area contributed by atoms with Crippen molar-refractivity contribution in [3.05, 3.63) is 28.6 Å². The third-order valence-electron chi connectivity index (χ3n) is 1.37. The molecule has 3 heteroatoms. The maximum atomic E-state index is 10.9. The molecule has 0 aromatic rings. The van der Waals surface area contributed by atoms with Crippen molar-refractivity contribution in [2.45, 2.75) is 6.42 Å². The van der Waals surface area contributed by atoms with Gasteiger partial charge < -0.3 is 4.74 Å². The average molecular weight is 216 g/mol. The SMILES string of the molecule is COC(=O)C1=CC[CH]C(Br)=C1. The summed E-state index contributed by atoms with van der Waals surface area (Å²) in [6, 6.07) is 0. The lowest BCUT2D eigenvalue weighted by molar-refractivity contribution is -0.135. The van der Waals surface area contributed by atoms with Crippen LogP contribution >= 0.6 is 15.9 Å². The van der Waals surface area contributed by atoms with E-state index in [1.54, 1.807) is 6.08 Å². The summed E-state index contributed by atoms with van der Waals surface area (Å²) in [5.74, 6) is -0.282. The second kappa shape index (κ2) is 3.72. The van der Waals surface area contributed by atoms with E-state index < -0.39 is 0 Å². The van der Waals surface area contributed by atoms with E-state index in [1.807, 2.05) is 12.5 Å². The Hall–Kier alpha value is -0.570. The molecule has 0 fully saturated rings. The monoisotopic (exact) mass is 215 g/mol. The maximum absolute atomic E-state index is 10.9. The molecule has 0 heterocycles. The Morgan fingerprint density at radius 1 is 1.73 bits per heavy atom. The van der Waals surface area contributed by atoms with E-state index in [4.69, 9.17) is 0 Å². The average Bonchev–Trinajstić information content (AvgIpc) is 2.03. The molecule has 2 nitrogen and oxygen atoms in total. The van der Waals surface area contributed by atoms with E-state index in [0.29, 0.717) is 5.57 Å². The number of allylic oxidation sites excluding steroid dienone is 2. The fourth-order valence-electron chi connectivity index (χ4n) is 0.825. The van der Waals surface area contributed by atoms with Gasteiger partial charge in [0.1, 0.15) is 0 Å². The van der Waals surface area contributed by atoms with Crippen LogP contribution in [0.3, 0.4) is 0 Å². The van der Waals surface area contributed by atoms with Gasteiger partial charge in [-0.25, -0.2) is 4.79 Å². The number of halogens is 1. The predicted molar refractivity (Wildman–Crippen MR) is 46.0 cm³/mol. The van der Waals surface area contributed by atoms with Crippen molar-refractivity contribution in [2.24, 2.45) is 0 Å². The fourth-order valence-corrected chi connectivity index (χ4v) is 1.26. The van der Waals surface area contributed by atoms with Crippen molar-refractivity contribution < 1.29 is 9.53 Å². The molecule has 0 atom stereocenters. The minimum absolute atomic E-state index is 0.282. The molecule has 0 aromatic heterocycles. The first-order valence-electron chi connectivity index (χ1n) is 3.23. The van der Waals surface area contributed by atoms with Crippen LogP contribution < -0.4 is 0 Å². The molecule has 0 bridgehead atoms. The number of carbonyl (C=O) groups excluding carboxylic acids is 1. The largest absolute Gasteiger partial charge is 0.465 e. The molecular formula is C8H8BrO2. The summed E-state index contributed by atoms with van der Waals surface area (Å²) < 4.78 is 5.48. The van der Waals surface area contributed by atoms with Gasteiger partial charge in [0.2, 0.25) is 0 Å².